The Morgan fingerprint density at radius 2 is 1.88 bits per heavy atom. The number of rotatable bonds is 4. The molecule has 0 aliphatic heterocycles. The molecule has 0 aromatic rings. The Hall–Kier alpha value is -0.370. The van der Waals surface area contributed by atoms with Crippen LogP contribution in [-0.2, 0) is 19.2 Å². The van der Waals surface area contributed by atoms with E-state index in [1.807, 2.05) is 6.92 Å². The second-order valence-corrected chi connectivity index (χ2v) is 6.48. The van der Waals surface area contributed by atoms with E-state index >= 15 is 0 Å². The number of carbonyl (C=O) groups excluding carboxylic acids is 2. The zero-order valence-corrected chi connectivity index (χ0v) is 12.1. The number of alkyl halides is 1. The van der Waals surface area contributed by atoms with Crippen molar-refractivity contribution in [3.05, 3.63) is 0 Å². The molecule has 0 aliphatic carbocycles. The Morgan fingerprint density at radius 3 is 2.19 bits per heavy atom. The molecule has 2 atom stereocenters. The van der Waals surface area contributed by atoms with Crippen molar-refractivity contribution < 1.29 is 19.2 Å². The van der Waals surface area contributed by atoms with Gasteiger partial charge in [0, 0.05) is 3.92 Å². The summed E-state index contributed by atoms with van der Waals surface area (Å²) in [6.45, 7) is 7.17. The zero-order chi connectivity index (χ0) is 12.9. The van der Waals surface area contributed by atoms with Crippen molar-refractivity contribution in [3.63, 3.8) is 0 Å². The number of hydrogen-bond donors (Lipinski definition) is 1. The molecular weight excluding hydrogens is 325 g/mol. The third-order valence-electron chi connectivity index (χ3n) is 1.78. The predicted molar refractivity (Wildman–Crippen MR) is 67.7 cm³/mol. The lowest BCUT2D eigenvalue weighted by atomic mass is 10.0. The van der Waals surface area contributed by atoms with Gasteiger partial charge < -0.3 is 9.57 Å². The normalized spacial score (nSPS) is 15.1. The highest BCUT2D eigenvalue weighted by Crippen LogP contribution is 2.22. The van der Waals surface area contributed by atoms with Gasteiger partial charge in [-0.2, -0.15) is 5.90 Å². The van der Waals surface area contributed by atoms with Crippen LogP contribution in [0.4, 0.5) is 0 Å². The van der Waals surface area contributed by atoms with E-state index in [4.69, 9.17) is 10.6 Å². The zero-order valence-electron chi connectivity index (χ0n) is 9.95. The van der Waals surface area contributed by atoms with E-state index in [1.54, 1.807) is 20.8 Å². The molecule has 0 bridgehead atoms. The predicted octanol–water partition coefficient (Wildman–Crippen LogP) is 1.57. The van der Waals surface area contributed by atoms with Crippen LogP contribution in [0.15, 0.2) is 0 Å². The van der Waals surface area contributed by atoms with Crippen LogP contribution in [0, 0.1) is 5.92 Å². The summed E-state index contributed by atoms with van der Waals surface area (Å²) < 4.78 is 5.18. The third-order valence-corrected chi connectivity index (χ3v) is 2.65. The van der Waals surface area contributed by atoms with E-state index in [0.29, 0.717) is 0 Å². The van der Waals surface area contributed by atoms with Crippen molar-refractivity contribution in [2.45, 2.75) is 43.6 Å². The van der Waals surface area contributed by atoms with Gasteiger partial charge in [-0.1, -0.05) is 29.5 Å². The first-order chi connectivity index (χ1) is 7.17. The first-order valence-corrected chi connectivity index (χ1v) is 6.18. The summed E-state index contributed by atoms with van der Waals surface area (Å²) in [6, 6.07) is 0. The molecule has 0 rings (SSSR count). The van der Waals surface area contributed by atoms with Crippen LogP contribution in [0.5, 0.6) is 0 Å². The Labute approximate surface area is 109 Å². The molecule has 0 saturated heterocycles. The van der Waals surface area contributed by atoms with Gasteiger partial charge in [0.1, 0.15) is 5.60 Å². The molecule has 0 aliphatic rings. The Morgan fingerprint density at radius 1 is 1.38 bits per heavy atom. The molecule has 2 unspecified atom stereocenters. The number of carbonyl (C=O) groups is 2. The van der Waals surface area contributed by atoms with Gasteiger partial charge in [-0.05, 0) is 20.8 Å². The summed E-state index contributed by atoms with van der Waals surface area (Å²) in [4.78, 5) is 26.9. The maximum atomic E-state index is 11.8. The van der Waals surface area contributed by atoms with E-state index in [-0.39, 0.29) is 10.3 Å². The standard InChI is InChI=1S/C10H18INO4/c1-6(11)7(5-8(13)16-12)9(14)15-10(2,3)4/h6-7H,5,12H2,1-4H3. The molecular formula is C10H18INO4. The lowest BCUT2D eigenvalue weighted by Gasteiger charge is -2.24. The number of ether oxygens (including phenoxy) is 1. The summed E-state index contributed by atoms with van der Waals surface area (Å²) >= 11 is 2.07. The smallest absolute Gasteiger partial charge is 0.325 e. The summed E-state index contributed by atoms with van der Waals surface area (Å²) in [5.74, 6) is 3.20. The Bertz CT molecular complexity index is 260. The van der Waals surface area contributed by atoms with Gasteiger partial charge in [-0.3, -0.25) is 9.59 Å². The highest BCUT2D eigenvalue weighted by molar-refractivity contribution is 14.1. The van der Waals surface area contributed by atoms with Gasteiger partial charge in [-0.15, -0.1) is 0 Å². The molecule has 0 radical (unpaired) electrons. The lowest BCUT2D eigenvalue weighted by Crippen LogP contribution is -2.34. The minimum atomic E-state index is -0.612. The van der Waals surface area contributed by atoms with E-state index in [1.165, 1.54) is 0 Å². The average molecular weight is 343 g/mol. The van der Waals surface area contributed by atoms with E-state index < -0.39 is 23.5 Å². The molecule has 0 aromatic carbocycles. The van der Waals surface area contributed by atoms with Crippen LogP contribution in [0.25, 0.3) is 0 Å². The highest BCUT2D eigenvalue weighted by Gasteiger charge is 2.31. The van der Waals surface area contributed by atoms with Crippen molar-refractivity contribution in [1.29, 1.82) is 0 Å². The van der Waals surface area contributed by atoms with Crippen LogP contribution >= 0.6 is 22.6 Å². The molecule has 0 amide bonds. The molecule has 6 heteroatoms. The SMILES string of the molecule is CC(I)C(CC(=O)ON)C(=O)OC(C)(C)C. The molecule has 0 fully saturated rings. The minimum Gasteiger partial charge on any atom is -0.460 e. The van der Waals surface area contributed by atoms with E-state index in [9.17, 15) is 9.59 Å². The van der Waals surface area contributed by atoms with Crippen LogP contribution in [0.2, 0.25) is 0 Å². The van der Waals surface area contributed by atoms with E-state index in [0.717, 1.165) is 0 Å². The van der Waals surface area contributed by atoms with Crippen molar-refractivity contribution in [2.24, 2.45) is 11.8 Å². The monoisotopic (exact) mass is 343 g/mol. The molecule has 0 spiro atoms. The van der Waals surface area contributed by atoms with Crippen molar-refractivity contribution in [1.82, 2.24) is 0 Å². The molecule has 16 heavy (non-hydrogen) atoms. The number of halogens is 1. The minimum absolute atomic E-state index is 0.0356. The summed E-state index contributed by atoms with van der Waals surface area (Å²) in [7, 11) is 0. The fourth-order valence-corrected chi connectivity index (χ4v) is 1.59. The van der Waals surface area contributed by atoms with Gasteiger partial charge in [0.15, 0.2) is 0 Å². The van der Waals surface area contributed by atoms with Crippen molar-refractivity contribution in [2.75, 3.05) is 0 Å². The maximum Gasteiger partial charge on any atom is 0.325 e. The van der Waals surface area contributed by atoms with Crippen LogP contribution < -0.4 is 5.90 Å². The van der Waals surface area contributed by atoms with E-state index in [2.05, 4.69) is 27.4 Å². The molecule has 0 saturated carbocycles. The lowest BCUT2D eigenvalue weighted by molar-refractivity contribution is -0.163. The van der Waals surface area contributed by atoms with Crippen LogP contribution in [-0.4, -0.2) is 21.5 Å². The molecule has 0 heterocycles. The summed E-state index contributed by atoms with van der Waals surface area (Å²) in [6.07, 6.45) is -0.0600. The molecule has 94 valence electrons. The fourth-order valence-electron chi connectivity index (χ4n) is 1.04. The molecule has 0 aromatic heterocycles. The summed E-state index contributed by atoms with van der Waals surface area (Å²) in [5.41, 5.74) is -0.562. The van der Waals surface area contributed by atoms with Gasteiger partial charge >= 0.3 is 11.9 Å². The number of hydrogen-bond acceptors (Lipinski definition) is 5. The van der Waals surface area contributed by atoms with Crippen LogP contribution in [0.1, 0.15) is 34.1 Å². The first kappa shape index (κ1) is 15.6. The maximum absolute atomic E-state index is 11.8. The third kappa shape index (κ3) is 6.26. The second kappa shape index (κ2) is 6.39. The van der Waals surface area contributed by atoms with Gasteiger partial charge in [-0.25, -0.2) is 0 Å². The van der Waals surface area contributed by atoms with Gasteiger partial charge in [0.2, 0.25) is 0 Å². The van der Waals surface area contributed by atoms with Crippen molar-refractivity contribution >= 4 is 34.5 Å². The van der Waals surface area contributed by atoms with Crippen molar-refractivity contribution in [3.8, 4) is 0 Å². The first-order valence-electron chi connectivity index (χ1n) is 4.94. The quantitative estimate of drug-likeness (QED) is 0.363. The Balaban J connectivity index is 4.54. The van der Waals surface area contributed by atoms with Gasteiger partial charge in [0.05, 0.1) is 12.3 Å². The highest BCUT2D eigenvalue weighted by atomic mass is 127. The Kier molecular flexibility index (Phi) is 6.24. The van der Waals surface area contributed by atoms with Crippen LogP contribution in [0.3, 0.4) is 0 Å². The second-order valence-electron chi connectivity index (χ2n) is 4.51. The number of esters is 1. The fraction of sp³-hybridized carbons (Fsp3) is 0.800. The number of nitrogens with two attached hydrogens (primary N) is 1. The molecule has 5 nitrogen and oxygen atoms in total. The topological polar surface area (TPSA) is 78.6 Å². The molecule has 2 N–H and O–H groups in total. The summed E-state index contributed by atoms with van der Waals surface area (Å²) in [5, 5.41) is 0. The van der Waals surface area contributed by atoms with Gasteiger partial charge in [0.25, 0.3) is 0 Å². The average Bonchev–Trinajstić information content (AvgIpc) is 2.09. The largest absolute Gasteiger partial charge is 0.460 e.